The summed E-state index contributed by atoms with van der Waals surface area (Å²) in [5, 5.41) is 5.84. The van der Waals surface area contributed by atoms with Crippen molar-refractivity contribution in [2.24, 2.45) is 5.41 Å². The average Bonchev–Trinajstić information content (AvgIpc) is 2.37. The van der Waals surface area contributed by atoms with Crippen LogP contribution in [0.5, 0.6) is 0 Å². The van der Waals surface area contributed by atoms with Gasteiger partial charge in [-0.2, -0.15) is 0 Å². The maximum absolute atomic E-state index is 11.8. The predicted molar refractivity (Wildman–Crippen MR) is 83.7 cm³/mol. The van der Waals surface area contributed by atoms with Crippen LogP contribution >= 0.6 is 0 Å². The van der Waals surface area contributed by atoms with E-state index in [0.29, 0.717) is 6.42 Å². The molecule has 2 aromatic rings. The van der Waals surface area contributed by atoms with Gasteiger partial charge in [-0.15, -0.1) is 0 Å². The van der Waals surface area contributed by atoms with E-state index in [9.17, 15) is 4.79 Å². The molecule has 2 heteroatoms. The van der Waals surface area contributed by atoms with Gasteiger partial charge >= 0.3 is 0 Å². The number of fused-ring (bicyclic) bond motifs is 1. The molecule has 2 nitrogen and oxygen atoms in total. The number of carbonyl (C=O) groups excluding carboxylic acids is 1. The van der Waals surface area contributed by atoms with Crippen LogP contribution in [0.4, 0.5) is 5.69 Å². The molecule has 3 rings (SSSR count). The van der Waals surface area contributed by atoms with E-state index >= 15 is 0 Å². The van der Waals surface area contributed by atoms with Gasteiger partial charge in [-0.3, -0.25) is 4.79 Å². The molecule has 1 aliphatic rings. The molecule has 1 N–H and O–H groups in total. The molecular formula is C18H19NO. The number of benzene rings is 2. The molecular weight excluding hydrogens is 246 g/mol. The maximum atomic E-state index is 11.8. The zero-order chi connectivity index (χ0) is 14.2. The van der Waals surface area contributed by atoms with Gasteiger partial charge in [0.25, 0.3) is 0 Å². The molecule has 0 heterocycles. The first-order valence-corrected chi connectivity index (χ1v) is 7.02. The van der Waals surface area contributed by atoms with Gasteiger partial charge in [-0.1, -0.05) is 50.2 Å². The van der Waals surface area contributed by atoms with E-state index in [-0.39, 0.29) is 11.2 Å². The SMILES string of the molecule is CC1(C)CC(=O)C=C(Nc2cccc3ccccc23)C1. The lowest BCUT2D eigenvalue weighted by Gasteiger charge is -2.29. The van der Waals surface area contributed by atoms with Crippen LogP contribution in [0.2, 0.25) is 0 Å². The van der Waals surface area contributed by atoms with E-state index in [4.69, 9.17) is 0 Å². The third kappa shape index (κ3) is 2.60. The maximum Gasteiger partial charge on any atom is 0.157 e. The van der Waals surface area contributed by atoms with Crippen molar-refractivity contribution in [2.75, 3.05) is 5.32 Å². The van der Waals surface area contributed by atoms with Gasteiger partial charge in [-0.25, -0.2) is 0 Å². The Morgan fingerprint density at radius 2 is 1.75 bits per heavy atom. The van der Waals surface area contributed by atoms with Crippen LogP contribution in [0.3, 0.4) is 0 Å². The second kappa shape index (κ2) is 4.78. The summed E-state index contributed by atoms with van der Waals surface area (Å²) in [5.41, 5.74) is 2.13. The van der Waals surface area contributed by atoms with Gasteiger partial charge < -0.3 is 5.32 Å². The molecule has 1 aliphatic carbocycles. The Labute approximate surface area is 119 Å². The summed E-state index contributed by atoms with van der Waals surface area (Å²) in [4.78, 5) is 11.8. The topological polar surface area (TPSA) is 29.1 Å². The fourth-order valence-corrected chi connectivity index (χ4v) is 2.93. The summed E-state index contributed by atoms with van der Waals surface area (Å²) in [6.45, 7) is 4.28. The molecule has 0 fully saturated rings. The van der Waals surface area contributed by atoms with E-state index in [2.05, 4.69) is 43.4 Å². The van der Waals surface area contributed by atoms with E-state index < -0.39 is 0 Å². The lowest BCUT2D eigenvalue weighted by molar-refractivity contribution is -0.117. The molecule has 0 spiro atoms. The second-order valence-corrected chi connectivity index (χ2v) is 6.31. The molecule has 0 saturated heterocycles. The average molecular weight is 265 g/mol. The Hall–Kier alpha value is -2.09. The monoisotopic (exact) mass is 265 g/mol. The highest BCUT2D eigenvalue weighted by Gasteiger charge is 2.27. The second-order valence-electron chi connectivity index (χ2n) is 6.31. The summed E-state index contributed by atoms with van der Waals surface area (Å²) >= 11 is 0. The van der Waals surface area contributed by atoms with Crippen molar-refractivity contribution >= 4 is 22.2 Å². The first-order chi connectivity index (χ1) is 9.53. The summed E-state index contributed by atoms with van der Waals surface area (Å²) in [7, 11) is 0. The highest BCUT2D eigenvalue weighted by molar-refractivity contribution is 5.96. The lowest BCUT2D eigenvalue weighted by atomic mass is 9.79. The van der Waals surface area contributed by atoms with Crippen LogP contribution in [0.25, 0.3) is 10.8 Å². The van der Waals surface area contributed by atoms with Crippen molar-refractivity contribution in [3.8, 4) is 0 Å². The van der Waals surface area contributed by atoms with E-state index in [0.717, 1.165) is 17.8 Å². The minimum absolute atomic E-state index is 0.0404. The zero-order valence-electron chi connectivity index (χ0n) is 11.9. The van der Waals surface area contributed by atoms with Crippen molar-refractivity contribution < 1.29 is 4.79 Å². The molecule has 0 unspecified atom stereocenters. The Morgan fingerprint density at radius 1 is 1.00 bits per heavy atom. The largest absolute Gasteiger partial charge is 0.358 e. The van der Waals surface area contributed by atoms with Crippen molar-refractivity contribution in [1.29, 1.82) is 0 Å². The molecule has 102 valence electrons. The molecule has 0 bridgehead atoms. The van der Waals surface area contributed by atoms with Crippen molar-refractivity contribution in [2.45, 2.75) is 26.7 Å². The molecule has 0 radical (unpaired) electrons. The lowest BCUT2D eigenvalue weighted by Crippen LogP contribution is -2.24. The van der Waals surface area contributed by atoms with Crippen LogP contribution in [0.1, 0.15) is 26.7 Å². The van der Waals surface area contributed by atoms with Crippen molar-refractivity contribution in [1.82, 2.24) is 0 Å². The van der Waals surface area contributed by atoms with Gasteiger partial charge in [0.15, 0.2) is 5.78 Å². The first kappa shape index (κ1) is 12.9. The molecule has 2 aromatic carbocycles. The predicted octanol–water partition coefficient (Wildman–Crippen LogP) is 4.52. The quantitative estimate of drug-likeness (QED) is 0.864. The first-order valence-electron chi connectivity index (χ1n) is 7.02. The Balaban J connectivity index is 1.96. The molecule has 0 amide bonds. The molecule has 0 atom stereocenters. The molecule has 0 aliphatic heterocycles. The summed E-state index contributed by atoms with van der Waals surface area (Å²) in [6, 6.07) is 14.5. The Bertz CT molecular complexity index is 692. The third-order valence-electron chi connectivity index (χ3n) is 3.74. The van der Waals surface area contributed by atoms with E-state index in [1.54, 1.807) is 6.08 Å². The minimum Gasteiger partial charge on any atom is -0.358 e. The van der Waals surface area contributed by atoms with Gasteiger partial charge in [0.1, 0.15) is 0 Å². The fraction of sp³-hybridized carbons (Fsp3) is 0.278. The molecule has 0 saturated carbocycles. The number of hydrogen-bond acceptors (Lipinski definition) is 2. The van der Waals surface area contributed by atoms with Crippen LogP contribution in [0.15, 0.2) is 54.2 Å². The normalized spacial score (nSPS) is 17.9. The van der Waals surface area contributed by atoms with Gasteiger partial charge in [0, 0.05) is 29.3 Å². The van der Waals surface area contributed by atoms with E-state index in [1.807, 2.05) is 18.2 Å². The number of hydrogen-bond donors (Lipinski definition) is 1. The number of allylic oxidation sites excluding steroid dienone is 2. The van der Waals surface area contributed by atoms with Gasteiger partial charge in [-0.05, 0) is 23.3 Å². The summed E-state index contributed by atoms with van der Waals surface area (Å²) in [5.74, 6) is 0.212. The van der Waals surface area contributed by atoms with Crippen molar-refractivity contribution in [3.05, 3.63) is 54.2 Å². The number of rotatable bonds is 2. The number of anilines is 1. The standard InChI is InChI=1S/C18H19NO/c1-18(2)11-14(10-15(20)12-18)19-17-9-5-7-13-6-3-4-8-16(13)17/h3-10,19H,11-12H2,1-2H3. The minimum atomic E-state index is 0.0404. The zero-order valence-corrected chi connectivity index (χ0v) is 11.9. The fourth-order valence-electron chi connectivity index (χ4n) is 2.93. The smallest absolute Gasteiger partial charge is 0.157 e. The van der Waals surface area contributed by atoms with Crippen LogP contribution < -0.4 is 5.32 Å². The van der Waals surface area contributed by atoms with Gasteiger partial charge in [0.05, 0.1) is 0 Å². The van der Waals surface area contributed by atoms with Crippen LogP contribution in [-0.2, 0) is 4.79 Å². The summed E-state index contributed by atoms with van der Waals surface area (Å²) < 4.78 is 0. The molecule has 0 aromatic heterocycles. The highest BCUT2D eigenvalue weighted by Crippen LogP contribution is 2.35. The number of ketones is 1. The molecule has 20 heavy (non-hydrogen) atoms. The number of nitrogens with one attached hydrogen (secondary N) is 1. The Kier molecular flexibility index (Phi) is 3.09. The Morgan fingerprint density at radius 3 is 2.55 bits per heavy atom. The van der Waals surface area contributed by atoms with Crippen LogP contribution in [-0.4, -0.2) is 5.78 Å². The third-order valence-corrected chi connectivity index (χ3v) is 3.74. The summed E-state index contributed by atoms with van der Waals surface area (Å²) in [6.07, 6.45) is 3.29. The highest BCUT2D eigenvalue weighted by atomic mass is 16.1. The number of carbonyl (C=O) groups is 1. The van der Waals surface area contributed by atoms with Gasteiger partial charge in [0.2, 0.25) is 0 Å². The van der Waals surface area contributed by atoms with Crippen molar-refractivity contribution in [3.63, 3.8) is 0 Å². The van der Waals surface area contributed by atoms with Crippen LogP contribution in [0, 0.1) is 5.41 Å². The van der Waals surface area contributed by atoms with E-state index in [1.165, 1.54) is 10.8 Å².